The molecule has 2 unspecified atom stereocenters. The van der Waals surface area contributed by atoms with Crippen molar-refractivity contribution in [2.24, 2.45) is 0 Å². The molecule has 0 radical (unpaired) electrons. The third-order valence-electron chi connectivity index (χ3n) is 8.78. The Balaban J connectivity index is 1.56. The van der Waals surface area contributed by atoms with Crippen molar-refractivity contribution in [1.29, 1.82) is 0 Å². The van der Waals surface area contributed by atoms with Crippen LogP contribution in [-0.2, 0) is 14.4 Å². The zero-order chi connectivity index (χ0) is 34.2. The van der Waals surface area contributed by atoms with Gasteiger partial charge in [0.25, 0.3) is 5.91 Å². The van der Waals surface area contributed by atoms with Crippen molar-refractivity contribution in [2.75, 3.05) is 38.5 Å². The average Bonchev–Trinajstić information content (AvgIpc) is 3.57. The van der Waals surface area contributed by atoms with Gasteiger partial charge in [0.15, 0.2) is 0 Å². The molecule has 4 amide bonds. The second kappa shape index (κ2) is 15.8. The Kier molecular flexibility index (Phi) is 11.9. The molecule has 1 saturated heterocycles. The van der Waals surface area contributed by atoms with Crippen LogP contribution in [0, 0.1) is 5.82 Å². The van der Waals surface area contributed by atoms with Crippen molar-refractivity contribution in [3.05, 3.63) is 83.4 Å². The number of nitrogens with one attached hydrogen (secondary N) is 3. The van der Waals surface area contributed by atoms with Crippen molar-refractivity contribution in [3.63, 3.8) is 0 Å². The van der Waals surface area contributed by atoms with E-state index in [9.17, 15) is 19.2 Å². The molecule has 11 nitrogen and oxygen atoms in total. The summed E-state index contributed by atoms with van der Waals surface area (Å²) in [6.45, 7) is 11.6. The molecule has 12 heteroatoms. The van der Waals surface area contributed by atoms with E-state index in [1.165, 1.54) is 18.3 Å². The van der Waals surface area contributed by atoms with Crippen LogP contribution in [0.2, 0.25) is 0 Å². The third-order valence-corrected chi connectivity index (χ3v) is 8.78. The minimum absolute atomic E-state index is 0.0720. The Morgan fingerprint density at radius 2 is 1.51 bits per heavy atom. The third kappa shape index (κ3) is 8.62. The van der Waals surface area contributed by atoms with Gasteiger partial charge >= 0.3 is 0 Å². The smallest absolute Gasteiger partial charge is 0.270 e. The quantitative estimate of drug-likeness (QED) is 0.274. The molecule has 0 saturated carbocycles. The molecule has 2 aromatic carbocycles. The standard InChI is InChI=1S/C35H46FN7O4/c1-7-30(44)39-32(35(47)42-19-17-41(6)18-20-42)24(5)26-13-14-28(27(36)21-26)38-34(46)31(23(4)25-11-9-8-10-12-25)40-33(45)29-15-16-37-43(29)22(2)3/h8-16,21-24,31-32H,7,17-20H2,1-6H3,(H,38,46)(H,39,44)(H,40,45)/t23?,24-,31?,32+/m0/s1. The van der Waals surface area contributed by atoms with Gasteiger partial charge in [-0.25, -0.2) is 4.39 Å². The summed E-state index contributed by atoms with van der Waals surface area (Å²) in [5.74, 6) is -3.26. The molecule has 0 bridgehead atoms. The van der Waals surface area contributed by atoms with Gasteiger partial charge in [-0.2, -0.15) is 5.10 Å². The van der Waals surface area contributed by atoms with Crippen LogP contribution in [0.15, 0.2) is 60.8 Å². The van der Waals surface area contributed by atoms with Crippen molar-refractivity contribution in [1.82, 2.24) is 30.2 Å². The molecule has 4 rings (SSSR count). The first kappa shape index (κ1) is 35.3. The van der Waals surface area contributed by atoms with Gasteiger partial charge in [0.1, 0.15) is 23.6 Å². The predicted octanol–water partition coefficient (Wildman–Crippen LogP) is 3.92. The first-order valence-electron chi connectivity index (χ1n) is 16.2. The Morgan fingerprint density at radius 1 is 0.851 bits per heavy atom. The molecule has 3 N–H and O–H groups in total. The van der Waals surface area contributed by atoms with Crippen molar-refractivity contribution in [2.45, 2.75) is 71.0 Å². The fourth-order valence-corrected chi connectivity index (χ4v) is 5.71. The SMILES string of the molecule is CCC(=O)N[C@@H](C(=O)N1CCN(C)CC1)[C@@H](C)c1ccc(NC(=O)C(NC(=O)c2ccnn2C(C)C)C(C)c2ccccc2)c(F)c1. The number of anilines is 1. The summed E-state index contributed by atoms with van der Waals surface area (Å²) in [7, 11) is 1.99. The van der Waals surface area contributed by atoms with Crippen LogP contribution in [0.4, 0.5) is 10.1 Å². The van der Waals surface area contributed by atoms with Gasteiger partial charge in [-0.1, -0.05) is 57.2 Å². The van der Waals surface area contributed by atoms with Crippen LogP contribution in [0.5, 0.6) is 0 Å². The number of carbonyl (C=O) groups is 4. The average molecular weight is 648 g/mol. The van der Waals surface area contributed by atoms with Crippen molar-refractivity contribution < 1.29 is 23.6 Å². The lowest BCUT2D eigenvalue weighted by atomic mass is 9.91. The molecule has 0 spiro atoms. The van der Waals surface area contributed by atoms with Crippen molar-refractivity contribution in [3.8, 4) is 0 Å². The number of benzene rings is 2. The molecular formula is C35H46FN7O4. The lowest BCUT2D eigenvalue weighted by molar-refractivity contribution is -0.138. The van der Waals surface area contributed by atoms with E-state index in [0.29, 0.717) is 24.3 Å². The van der Waals surface area contributed by atoms with Crippen LogP contribution in [0.3, 0.4) is 0 Å². The highest BCUT2D eigenvalue weighted by atomic mass is 19.1. The summed E-state index contributed by atoms with van der Waals surface area (Å²) >= 11 is 0. The highest BCUT2D eigenvalue weighted by molar-refractivity contribution is 6.01. The fourth-order valence-electron chi connectivity index (χ4n) is 5.71. The normalized spacial score (nSPS) is 16.2. The molecule has 4 atom stereocenters. The molecular weight excluding hydrogens is 601 g/mol. The molecule has 47 heavy (non-hydrogen) atoms. The van der Waals surface area contributed by atoms with E-state index in [-0.39, 0.29) is 30.0 Å². The number of aromatic nitrogens is 2. The number of carbonyl (C=O) groups excluding carboxylic acids is 4. The first-order chi connectivity index (χ1) is 22.4. The maximum absolute atomic E-state index is 15.7. The summed E-state index contributed by atoms with van der Waals surface area (Å²) in [6, 6.07) is 13.2. The summed E-state index contributed by atoms with van der Waals surface area (Å²) in [4.78, 5) is 57.0. The number of nitrogens with zero attached hydrogens (tertiary/aromatic N) is 4. The van der Waals surface area contributed by atoms with E-state index < -0.39 is 41.6 Å². The van der Waals surface area contributed by atoms with Gasteiger partial charge in [0, 0.05) is 56.7 Å². The van der Waals surface area contributed by atoms with E-state index in [2.05, 4.69) is 25.9 Å². The Morgan fingerprint density at radius 3 is 2.13 bits per heavy atom. The van der Waals surface area contributed by atoms with Crippen LogP contribution in [0.25, 0.3) is 0 Å². The summed E-state index contributed by atoms with van der Waals surface area (Å²) in [5.41, 5.74) is 1.55. The lowest BCUT2D eigenvalue weighted by Gasteiger charge is -2.36. The second-order valence-corrected chi connectivity index (χ2v) is 12.4. The van der Waals surface area contributed by atoms with Crippen LogP contribution >= 0.6 is 0 Å². The maximum atomic E-state index is 15.7. The molecule has 0 aliphatic carbocycles. The Labute approximate surface area is 275 Å². The minimum Gasteiger partial charge on any atom is -0.344 e. The predicted molar refractivity (Wildman–Crippen MR) is 178 cm³/mol. The van der Waals surface area contributed by atoms with Gasteiger partial charge in [-0.05, 0) is 50.2 Å². The molecule has 2 heterocycles. The van der Waals surface area contributed by atoms with Crippen LogP contribution in [0.1, 0.15) is 80.5 Å². The summed E-state index contributed by atoms with van der Waals surface area (Å²) in [6.07, 6.45) is 1.73. The van der Waals surface area contributed by atoms with E-state index >= 15 is 4.39 Å². The minimum atomic E-state index is -1.05. The highest BCUT2D eigenvalue weighted by Crippen LogP contribution is 2.27. The number of amides is 4. The summed E-state index contributed by atoms with van der Waals surface area (Å²) in [5, 5.41) is 12.6. The highest BCUT2D eigenvalue weighted by Gasteiger charge is 2.34. The molecule has 1 aromatic heterocycles. The van der Waals surface area contributed by atoms with Crippen LogP contribution in [-0.4, -0.2) is 88.5 Å². The zero-order valence-electron chi connectivity index (χ0n) is 28.0. The topological polar surface area (TPSA) is 129 Å². The van der Waals surface area contributed by atoms with E-state index in [1.807, 2.05) is 58.2 Å². The Bertz CT molecular complexity index is 1550. The number of rotatable bonds is 12. The van der Waals surface area contributed by atoms with Crippen LogP contribution < -0.4 is 16.0 Å². The lowest BCUT2D eigenvalue weighted by Crippen LogP contribution is -2.55. The van der Waals surface area contributed by atoms with Gasteiger partial charge in [-0.3, -0.25) is 23.9 Å². The Hall–Kier alpha value is -4.58. The van der Waals surface area contributed by atoms with E-state index in [4.69, 9.17) is 0 Å². The van der Waals surface area contributed by atoms with E-state index in [1.54, 1.807) is 35.6 Å². The van der Waals surface area contributed by atoms with Gasteiger partial charge in [-0.15, -0.1) is 0 Å². The number of halogens is 1. The number of likely N-dealkylation sites (N-methyl/N-ethyl adjacent to an activating group) is 1. The molecule has 1 aliphatic rings. The maximum Gasteiger partial charge on any atom is 0.270 e. The van der Waals surface area contributed by atoms with Gasteiger partial charge < -0.3 is 25.8 Å². The van der Waals surface area contributed by atoms with Crippen molar-refractivity contribution >= 4 is 29.3 Å². The molecule has 1 fully saturated rings. The number of hydrogen-bond donors (Lipinski definition) is 3. The fraction of sp³-hybridized carbons (Fsp3) is 0.457. The molecule has 1 aliphatic heterocycles. The zero-order valence-corrected chi connectivity index (χ0v) is 28.0. The van der Waals surface area contributed by atoms with Gasteiger partial charge in [0.05, 0.1) is 5.69 Å². The second-order valence-electron chi connectivity index (χ2n) is 12.4. The van der Waals surface area contributed by atoms with E-state index in [0.717, 1.165) is 18.7 Å². The first-order valence-corrected chi connectivity index (χ1v) is 16.2. The number of hydrogen-bond acceptors (Lipinski definition) is 6. The number of piperazine rings is 1. The largest absolute Gasteiger partial charge is 0.344 e. The molecule has 252 valence electrons. The monoisotopic (exact) mass is 647 g/mol. The molecule has 3 aromatic rings. The van der Waals surface area contributed by atoms with Gasteiger partial charge in [0.2, 0.25) is 17.7 Å². The summed E-state index contributed by atoms with van der Waals surface area (Å²) < 4.78 is 17.2.